The number of benzene rings is 3. The molecule has 5 heteroatoms. The number of ether oxygens (including phenoxy) is 3. The standard InChI is InChI=1S/C27H28FNO3/c1-3-15-32-26-14-13-25(28)24-16-22(21-9-11-23(30-2)12-10-21)17-29(27(24)26)19-31-18-20-7-5-4-6-8-20/h4-14,16H,3,15,17-19H2,1-2H3. The molecule has 0 bridgehead atoms. The van der Waals surface area contributed by atoms with Crippen LogP contribution in [0.5, 0.6) is 11.5 Å². The van der Waals surface area contributed by atoms with Gasteiger partial charge in [0.15, 0.2) is 0 Å². The molecule has 0 saturated carbocycles. The van der Waals surface area contributed by atoms with E-state index in [4.69, 9.17) is 14.2 Å². The van der Waals surface area contributed by atoms with Crippen molar-refractivity contribution in [1.82, 2.24) is 0 Å². The van der Waals surface area contributed by atoms with Crippen molar-refractivity contribution in [2.45, 2.75) is 20.0 Å². The minimum absolute atomic E-state index is 0.275. The van der Waals surface area contributed by atoms with E-state index in [2.05, 4.69) is 6.92 Å². The van der Waals surface area contributed by atoms with Crippen LogP contribution in [0, 0.1) is 5.82 Å². The minimum Gasteiger partial charge on any atom is -0.497 e. The molecule has 0 radical (unpaired) electrons. The lowest BCUT2D eigenvalue weighted by atomic mass is 9.96. The van der Waals surface area contributed by atoms with Gasteiger partial charge in [-0.15, -0.1) is 0 Å². The van der Waals surface area contributed by atoms with Gasteiger partial charge in [-0.1, -0.05) is 49.4 Å². The first-order valence-corrected chi connectivity index (χ1v) is 10.9. The summed E-state index contributed by atoms with van der Waals surface area (Å²) in [7, 11) is 1.64. The number of hydrogen-bond donors (Lipinski definition) is 0. The molecule has 1 aliphatic rings. The number of anilines is 1. The number of halogens is 1. The van der Waals surface area contributed by atoms with Gasteiger partial charge >= 0.3 is 0 Å². The highest BCUT2D eigenvalue weighted by atomic mass is 19.1. The molecule has 4 rings (SSSR count). The SMILES string of the molecule is CCCOc1ccc(F)c2c1N(COCc1ccccc1)CC(c1ccc(OC)cc1)=C2. The molecule has 0 aromatic heterocycles. The van der Waals surface area contributed by atoms with E-state index in [0.717, 1.165) is 34.6 Å². The highest BCUT2D eigenvalue weighted by Crippen LogP contribution is 2.41. The summed E-state index contributed by atoms with van der Waals surface area (Å²) in [6.45, 7) is 4.01. The summed E-state index contributed by atoms with van der Waals surface area (Å²) in [5, 5.41) is 0. The summed E-state index contributed by atoms with van der Waals surface area (Å²) < 4.78 is 32.2. The van der Waals surface area contributed by atoms with Crippen LogP contribution in [0.4, 0.5) is 10.1 Å². The molecule has 0 saturated heterocycles. The second-order valence-corrected chi connectivity index (χ2v) is 7.72. The average Bonchev–Trinajstić information content (AvgIpc) is 2.84. The first-order chi connectivity index (χ1) is 15.7. The summed E-state index contributed by atoms with van der Waals surface area (Å²) in [4.78, 5) is 2.05. The van der Waals surface area contributed by atoms with E-state index in [0.29, 0.717) is 37.8 Å². The van der Waals surface area contributed by atoms with Crippen molar-refractivity contribution < 1.29 is 18.6 Å². The molecular weight excluding hydrogens is 405 g/mol. The van der Waals surface area contributed by atoms with Crippen LogP contribution in [0.1, 0.15) is 30.0 Å². The number of fused-ring (bicyclic) bond motifs is 1. The van der Waals surface area contributed by atoms with Gasteiger partial charge in [-0.3, -0.25) is 0 Å². The number of rotatable bonds is 9. The van der Waals surface area contributed by atoms with Crippen LogP contribution in [-0.4, -0.2) is 27.0 Å². The first-order valence-electron chi connectivity index (χ1n) is 10.9. The van der Waals surface area contributed by atoms with E-state index < -0.39 is 0 Å². The predicted octanol–water partition coefficient (Wildman–Crippen LogP) is 6.16. The van der Waals surface area contributed by atoms with E-state index in [1.54, 1.807) is 13.2 Å². The Morgan fingerprint density at radius 1 is 0.969 bits per heavy atom. The predicted molar refractivity (Wildman–Crippen MR) is 126 cm³/mol. The molecule has 3 aromatic carbocycles. The van der Waals surface area contributed by atoms with E-state index in [9.17, 15) is 4.39 Å². The molecule has 0 N–H and O–H groups in total. The van der Waals surface area contributed by atoms with Crippen LogP contribution in [0.25, 0.3) is 11.6 Å². The van der Waals surface area contributed by atoms with Crippen molar-refractivity contribution in [2.24, 2.45) is 0 Å². The fourth-order valence-corrected chi connectivity index (χ4v) is 3.80. The van der Waals surface area contributed by atoms with Crippen LogP contribution in [0.3, 0.4) is 0 Å². The summed E-state index contributed by atoms with van der Waals surface area (Å²) in [6.07, 6.45) is 2.79. The lowest BCUT2D eigenvalue weighted by Crippen LogP contribution is -2.31. The van der Waals surface area contributed by atoms with Gasteiger partial charge in [0, 0.05) is 12.1 Å². The lowest BCUT2D eigenvalue weighted by molar-refractivity contribution is 0.122. The summed E-state index contributed by atoms with van der Waals surface area (Å²) in [5.41, 5.74) is 4.39. The Labute approximate surface area is 188 Å². The number of nitrogens with zero attached hydrogens (tertiary/aromatic N) is 1. The third-order valence-electron chi connectivity index (χ3n) is 5.40. The van der Waals surface area contributed by atoms with Crippen LogP contribution in [0.15, 0.2) is 66.7 Å². The van der Waals surface area contributed by atoms with Crippen molar-refractivity contribution in [3.8, 4) is 11.5 Å². The quantitative estimate of drug-likeness (QED) is 0.404. The van der Waals surface area contributed by atoms with Gasteiger partial charge < -0.3 is 19.1 Å². The third kappa shape index (κ3) is 4.94. The molecular formula is C27H28FNO3. The molecule has 3 aromatic rings. The average molecular weight is 434 g/mol. The fraction of sp³-hybridized carbons (Fsp3) is 0.259. The van der Waals surface area contributed by atoms with Crippen LogP contribution < -0.4 is 14.4 Å². The van der Waals surface area contributed by atoms with Gasteiger partial charge in [0.1, 0.15) is 24.0 Å². The zero-order chi connectivity index (χ0) is 22.3. The molecule has 166 valence electrons. The number of methoxy groups -OCH3 is 1. The van der Waals surface area contributed by atoms with Gasteiger partial charge in [0.25, 0.3) is 0 Å². The molecule has 32 heavy (non-hydrogen) atoms. The molecule has 1 aliphatic heterocycles. The highest BCUT2D eigenvalue weighted by Gasteiger charge is 2.25. The summed E-state index contributed by atoms with van der Waals surface area (Å²) >= 11 is 0. The number of hydrogen-bond acceptors (Lipinski definition) is 4. The zero-order valence-corrected chi connectivity index (χ0v) is 18.5. The normalized spacial score (nSPS) is 12.8. The molecule has 4 nitrogen and oxygen atoms in total. The maximum Gasteiger partial charge on any atom is 0.143 e. The van der Waals surface area contributed by atoms with Gasteiger partial charge in [-0.05, 0) is 53.5 Å². The Morgan fingerprint density at radius 3 is 2.47 bits per heavy atom. The maximum absolute atomic E-state index is 15.0. The summed E-state index contributed by atoms with van der Waals surface area (Å²) in [5.74, 6) is 1.19. The molecule has 0 unspecified atom stereocenters. The van der Waals surface area contributed by atoms with Crippen molar-refractivity contribution >= 4 is 17.3 Å². The van der Waals surface area contributed by atoms with Gasteiger partial charge in [-0.25, -0.2) is 4.39 Å². The van der Waals surface area contributed by atoms with Crippen molar-refractivity contribution in [2.75, 3.05) is 31.9 Å². The maximum atomic E-state index is 15.0. The monoisotopic (exact) mass is 433 g/mol. The van der Waals surface area contributed by atoms with Gasteiger partial charge in [0.2, 0.25) is 0 Å². The Hall–Kier alpha value is -3.31. The lowest BCUT2D eigenvalue weighted by Gasteiger charge is -2.33. The second-order valence-electron chi connectivity index (χ2n) is 7.72. The largest absolute Gasteiger partial charge is 0.497 e. The Kier molecular flexibility index (Phi) is 7.07. The Morgan fingerprint density at radius 2 is 1.75 bits per heavy atom. The van der Waals surface area contributed by atoms with Crippen LogP contribution in [0.2, 0.25) is 0 Å². The fourth-order valence-electron chi connectivity index (χ4n) is 3.80. The summed E-state index contributed by atoms with van der Waals surface area (Å²) in [6, 6.07) is 21.0. The minimum atomic E-state index is -0.275. The smallest absolute Gasteiger partial charge is 0.143 e. The molecule has 0 aliphatic carbocycles. The third-order valence-corrected chi connectivity index (χ3v) is 5.40. The highest BCUT2D eigenvalue weighted by molar-refractivity contribution is 5.93. The van der Waals surface area contributed by atoms with Crippen molar-refractivity contribution in [1.29, 1.82) is 0 Å². The van der Waals surface area contributed by atoms with E-state index >= 15 is 0 Å². The molecule has 0 spiro atoms. The van der Waals surface area contributed by atoms with E-state index in [1.165, 1.54) is 6.07 Å². The molecule has 0 fully saturated rings. The Balaban J connectivity index is 1.65. The van der Waals surface area contributed by atoms with Crippen LogP contribution >= 0.6 is 0 Å². The zero-order valence-electron chi connectivity index (χ0n) is 18.5. The molecule has 0 amide bonds. The van der Waals surface area contributed by atoms with Crippen LogP contribution in [-0.2, 0) is 11.3 Å². The Bertz CT molecular complexity index is 1060. The first kappa shape index (κ1) is 21.9. The van der Waals surface area contributed by atoms with E-state index in [-0.39, 0.29) is 5.82 Å². The molecule has 1 heterocycles. The van der Waals surface area contributed by atoms with E-state index in [1.807, 2.05) is 65.6 Å². The topological polar surface area (TPSA) is 30.9 Å². The second kappa shape index (κ2) is 10.3. The van der Waals surface area contributed by atoms with Gasteiger partial charge in [-0.2, -0.15) is 0 Å². The van der Waals surface area contributed by atoms with Crippen molar-refractivity contribution in [3.63, 3.8) is 0 Å². The van der Waals surface area contributed by atoms with Crippen molar-refractivity contribution in [3.05, 3.63) is 89.2 Å². The van der Waals surface area contributed by atoms with Gasteiger partial charge in [0.05, 0.1) is 26.0 Å². The molecule has 0 atom stereocenters.